The summed E-state index contributed by atoms with van der Waals surface area (Å²) in [5, 5.41) is 4.51. The molecule has 9 aromatic rings. The second kappa shape index (κ2) is 8.76. The lowest BCUT2D eigenvalue weighted by atomic mass is 9.84. The summed E-state index contributed by atoms with van der Waals surface area (Å²) in [5.41, 5.74) is 12.5. The minimum absolute atomic E-state index is 0.772. The van der Waals surface area contributed by atoms with Crippen molar-refractivity contribution in [3.63, 3.8) is 0 Å². The molecule has 0 saturated heterocycles. The minimum Gasteiger partial charge on any atom is -0.456 e. The Kier molecular flexibility index (Phi) is 4.69. The molecule has 0 N–H and O–H groups in total. The van der Waals surface area contributed by atoms with Gasteiger partial charge in [0.2, 0.25) is 0 Å². The van der Waals surface area contributed by atoms with Crippen LogP contribution in [0.15, 0.2) is 144 Å². The van der Waals surface area contributed by atoms with Gasteiger partial charge < -0.3 is 4.42 Å². The first-order valence-corrected chi connectivity index (χ1v) is 14.8. The second-order valence-electron chi connectivity index (χ2n) is 11.3. The van der Waals surface area contributed by atoms with Gasteiger partial charge in [-0.3, -0.25) is 9.55 Å². The number of rotatable bonds is 1. The number of aromatic nitrogens is 3. The Morgan fingerprint density at radius 2 is 1.02 bits per heavy atom. The molecule has 4 heteroatoms. The fourth-order valence-electron chi connectivity index (χ4n) is 7.18. The van der Waals surface area contributed by atoms with Crippen molar-refractivity contribution in [2.45, 2.75) is 0 Å². The zero-order chi connectivity index (χ0) is 28.8. The maximum absolute atomic E-state index is 6.34. The van der Waals surface area contributed by atoms with E-state index in [2.05, 4.69) is 126 Å². The quantitative estimate of drug-likeness (QED) is 0.200. The number of para-hydroxylation sites is 2. The van der Waals surface area contributed by atoms with Crippen molar-refractivity contribution in [2.75, 3.05) is 0 Å². The smallest absolute Gasteiger partial charge is 0.156 e. The topological polar surface area (TPSA) is 43.9 Å². The second-order valence-corrected chi connectivity index (χ2v) is 11.3. The molecular weight excluding hydrogens is 538 g/mol. The third-order valence-corrected chi connectivity index (χ3v) is 9.04. The van der Waals surface area contributed by atoms with E-state index in [4.69, 9.17) is 14.4 Å². The van der Waals surface area contributed by atoms with E-state index in [9.17, 15) is 0 Å². The lowest BCUT2D eigenvalue weighted by molar-refractivity contribution is 0.669. The summed E-state index contributed by atoms with van der Waals surface area (Å²) in [7, 11) is 0. The molecule has 0 radical (unpaired) electrons. The van der Waals surface area contributed by atoms with Gasteiger partial charge in [0.05, 0.1) is 34.0 Å². The Balaban J connectivity index is 1.36. The average Bonchev–Trinajstić information content (AvgIpc) is 3.63. The number of fused-ring (bicyclic) bond motifs is 15. The molecule has 0 amide bonds. The standard InChI is InChI=1S/C40H23N3O/c1-2-12-25-24(11-1)26-13-3-5-16-29(26)38-39(30-17-6-4-14-27(25)30)42-36(23-41-38)43-33-19-9-7-15-28(33)31-21-22-35-37(40(31)43)32-18-8-10-20-34(32)44-35/h1-23H. The Hall–Kier alpha value is -6.00. The molecule has 1 aliphatic carbocycles. The highest BCUT2D eigenvalue weighted by Gasteiger charge is 2.25. The molecule has 4 nitrogen and oxygen atoms in total. The molecule has 44 heavy (non-hydrogen) atoms. The van der Waals surface area contributed by atoms with Crippen LogP contribution in [-0.4, -0.2) is 14.5 Å². The summed E-state index contributed by atoms with van der Waals surface area (Å²) in [6, 6.07) is 46.8. The largest absolute Gasteiger partial charge is 0.456 e. The molecule has 10 rings (SSSR count). The molecule has 3 heterocycles. The fourth-order valence-corrected chi connectivity index (χ4v) is 7.18. The lowest BCUT2D eigenvalue weighted by Crippen LogP contribution is -2.05. The van der Waals surface area contributed by atoms with Gasteiger partial charge in [0.15, 0.2) is 5.82 Å². The van der Waals surface area contributed by atoms with Gasteiger partial charge in [-0.2, -0.15) is 0 Å². The molecule has 204 valence electrons. The van der Waals surface area contributed by atoms with E-state index >= 15 is 0 Å². The third-order valence-electron chi connectivity index (χ3n) is 9.04. The maximum Gasteiger partial charge on any atom is 0.156 e. The summed E-state index contributed by atoms with van der Waals surface area (Å²) < 4.78 is 8.61. The number of furan rings is 1. The molecule has 6 aromatic carbocycles. The van der Waals surface area contributed by atoms with Gasteiger partial charge >= 0.3 is 0 Å². The zero-order valence-electron chi connectivity index (χ0n) is 23.5. The van der Waals surface area contributed by atoms with E-state index in [0.717, 1.165) is 77.8 Å². The molecule has 0 atom stereocenters. The lowest BCUT2D eigenvalue weighted by Gasteiger charge is -2.22. The van der Waals surface area contributed by atoms with E-state index in [1.54, 1.807) is 0 Å². The van der Waals surface area contributed by atoms with E-state index in [1.165, 1.54) is 16.5 Å². The number of hydrogen-bond acceptors (Lipinski definition) is 3. The van der Waals surface area contributed by atoms with Crippen LogP contribution in [0.5, 0.6) is 0 Å². The molecule has 0 saturated carbocycles. The Labute approximate surface area is 252 Å². The number of benzene rings is 6. The predicted molar refractivity (Wildman–Crippen MR) is 179 cm³/mol. The van der Waals surface area contributed by atoms with E-state index in [1.807, 2.05) is 18.3 Å². The van der Waals surface area contributed by atoms with Crippen molar-refractivity contribution >= 4 is 43.7 Å². The molecule has 0 aliphatic heterocycles. The third kappa shape index (κ3) is 3.11. The minimum atomic E-state index is 0.772. The van der Waals surface area contributed by atoms with Crippen LogP contribution in [0, 0.1) is 0 Å². The van der Waals surface area contributed by atoms with Crippen LogP contribution in [-0.2, 0) is 0 Å². The SMILES string of the molecule is c1ccc2c(c1)-c1ccccc1-c1ncc(-n3c4ccccc4c4ccc5oc6ccccc6c5c43)nc1-c1ccccc1-2. The molecule has 0 unspecified atom stereocenters. The zero-order valence-corrected chi connectivity index (χ0v) is 23.5. The van der Waals surface area contributed by atoms with Crippen LogP contribution in [0.25, 0.3) is 94.3 Å². The fraction of sp³-hybridized carbons (Fsp3) is 0. The summed E-state index contributed by atoms with van der Waals surface area (Å²) in [6.07, 6.45) is 1.93. The molecule has 1 aliphatic rings. The van der Waals surface area contributed by atoms with Crippen molar-refractivity contribution in [1.82, 2.24) is 14.5 Å². The summed E-state index contributed by atoms with van der Waals surface area (Å²) in [6.45, 7) is 0. The monoisotopic (exact) mass is 561 g/mol. The summed E-state index contributed by atoms with van der Waals surface area (Å²) in [5.74, 6) is 0.772. The highest BCUT2D eigenvalue weighted by molar-refractivity contribution is 6.24. The average molecular weight is 562 g/mol. The van der Waals surface area contributed by atoms with Gasteiger partial charge in [-0.25, -0.2) is 4.98 Å². The molecular formula is C40H23N3O. The van der Waals surface area contributed by atoms with E-state index in [0.29, 0.717) is 0 Å². The van der Waals surface area contributed by atoms with Crippen molar-refractivity contribution in [2.24, 2.45) is 0 Å². The van der Waals surface area contributed by atoms with Gasteiger partial charge in [0, 0.05) is 27.3 Å². The van der Waals surface area contributed by atoms with Crippen LogP contribution in [0.3, 0.4) is 0 Å². The van der Waals surface area contributed by atoms with Gasteiger partial charge in [-0.15, -0.1) is 0 Å². The predicted octanol–water partition coefficient (Wildman–Crippen LogP) is 10.5. The van der Waals surface area contributed by atoms with Gasteiger partial charge in [0.25, 0.3) is 0 Å². The molecule has 0 bridgehead atoms. The highest BCUT2D eigenvalue weighted by atomic mass is 16.3. The normalized spacial score (nSPS) is 12.1. The molecule has 3 aromatic heterocycles. The van der Waals surface area contributed by atoms with Crippen LogP contribution in [0.2, 0.25) is 0 Å². The van der Waals surface area contributed by atoms with Crippen LogP contribution < -0.4 is 0 Å². The first kappa shape index (κ1) is 23.6. The molecule has 0 fully saturated rings. The van der Waals surface area contributed by atoms with Gasteiger partial charge in [-0.05, 0) is 46.5 Å². The first-order valence-electron chi connectivity index (χ1n) is 14.8. The Bertz CT molecular complexity index is 2620. The number of hydrogen-bond donors (Lipinski definition) is 0. The Morgan fingerprint density at radius 1 is 0.455 bits per heavy atom. The summed E-state index contributed by atoms with van der Waals surface area (Å²) >= 11 is 0. The van der Waals surface area contributed by atoms with E-state index in [-0.39, 0.29) is 0 Å². The number of nitrogens with zero attached hydrogens (tertiary/aromatic N) is 3. The van der Waals surface area contributed by atoms with Crippen molar-refractivity contribution in [3.8, 4) is 50.6 Å². The maximum atomic E-state index is 6.34. The first-order chi connectivity index (χ1) is 21.8. The molecule has 0 spiro atoms. The Morgan fingerprint density at radius 3 is 1.75 bits per heavy atom. The van der Waals surface area contributed by atoms with Crippen molar-refractivity contribution in [3.05, 3.63) is 140 Å². The van der Waals surface area contributed by atoms with Crippen LogP contribution in [0.4, 0.5) is 0 Å². The van der Waals surface area contributed by atoms with Crippen molar-refractivity contribution in [1.29, 1.82) is 0 Å². The summed E-state index contributed by atoms with van der Waals surface area (Å²) in [4.78, 5) is 10.7. The van der Waals surface area contributed by atoms with Gasteiger partial charge in [-0.1, -0.05) is 109 Å². The van der Waals surface area contributed by atoms with Gasteiger partial charge in [0.1, 0.15) is 11.2 Å². The highest BCUT2D eigenvalue weighted by Crippen LogP contribution is 2.47. The van der Waals surface area contributed by atoms with Crippen LogP contribution >= 0.6 is 0 Å². The van der Waals surface area contributed by atoms with Crippen molar-refractivity contribution < 1.29 is 4.42 Å². The van der Waals surface area contributed by atoms with E-state index < -0.39 is 0 Å². The van der Waals surface area contributed by atoms with Crippen LogP contribution in [0.1, 0.15) is 0 Å².